The van der Waals surface area contributed by atoms with Gasteiger partial charge in [-0.05, 0) is 38.0 Å². The summed E-state index contributed by atoms with van der Waals surface area (Å²) in [4.78, 5) is 22.7. The molecule has 1 aliphatic rings. The van der Waals surface area contributed by atoms with Crippen molar-refractivity contribution in [3.63, 3.8) is 0 Å². The number of methoxy groups -OCH3 is 1. The fourth-order valence-electron chi connectivity index (χ4n) is 4.38. The monoisotopic (exact) mass is 389 g/mol. The lowest BCUT2D eigenvalue weighted by Crippen LogP contribution is -2.27. The molecule has 3 heterocycles. The highest BCUT2D eigenvalue weighted by Crippen LogP contribution is 2.31. The molecule has 0 unspecified atom stereocenters. The number of nitrogens with zero attached hydrogens (tertiary/aromatic N) is 5. The molecule has 0 amide bonds. The van der Waals surface area contributed by atoms with Crippen LogP contribution in [0.2, 0.25) is 0 Å². The summed E-state index contributed by atoms with van der Waals surface area (Å²) in [5.74, 6) is 1.83. The molecule has 1 saturated carbocycles. The van der Waals surface area contributed by atoms with E-state index in [0.29, 0.717) is 28.2 Å². The molecule has 1 aromatic carbocycles. The fraction of sp³-hybridized carbons (Fsp3) is 0.364. The third kappa shape index (κ3) is 2.97. The molecule has 0 radical (unpaired) electrons. The molecular weight excluding hydrogens is 366 g/mol. The van der Waals surface area contributed by atoms with Crippen LogP contribution in [0.4, 0.5) is 0 Å². The van der Waals surface area contributed by atoms with E-state index in [9.17, 15) is 4.79 Å². The average molecular weight is 389 g/mol. The van der Waals surface area contributed by atoms with Gasteiger partial charge < -0.3 is 9.30 Å². The van der Waals surface area contributed by atoms with Gasteiger partial charge in [-0.3, -0.25) is 4.79 Å². The number of hydrogen-bond donors (Lipinski definition) is 0. The lowest BCUT2D eigenvalue weighted by molar-refractivity contribution is 0.347. The van der Waals surface area contributed by atoms with Gasteiger partial charge in [0, 0.05) is 17.8 Å². The van der Waals surface area contributed by atoms with E-state index >= 15 is 0 Å². The zero-order valence-corrected chi connectivity index (χ0v) is 16.6. The first-order chi connectivity index (χ1) is 14.2. The Morgan fingerprint density at radius 1 is 1.10 bits per heavy atom. The Kier molecular flexibility index (Phi) is 4.30. The van der Waals surface area contributed by atoms with Gasteiger partial charge >= 0.3 is 0 Å². The van der Waals surface area contributed by atoms with Crippen LogP contribution in [-0.4, -0.2) is 31.3 Å². The third-order valence-electron chi connectivity index (χ3n) is 5.77. The Hall–Kier alpha value is -3.22. The van der Waals surface area contributed by atoms with Crippen molar-refractivity contribution in [3.8, 4) is 17.0 Å². The summed E-state index contributed by atoms with van der Waals surface area (Å²) < 4.78 is 8.98. The molecule has 0 saturated heterocycles. The molecule has 4 aromatic rings. The zero-order valence-electron chi connectivity index (χ0n) is 16.6. The summed E-state index contributed by atoms with van der Waals surface area (Å²) >= 11 is 0. The van der Waals surface area contributed by atoms with E-state index in [4.69, 9.17) is 4.74 Å². The van der Waals surface area contributed by atoms with Crippen molar-refractivity contribution in [2.24, 2.45) is 0 Å². The van der Waals surface area contributed by atoms with Gasteiger partial charge in [0.1, 0.15) is 11.6 Å². The quantitative estimate of drug-likeness (QED) is 0.531. The smallest absolute Gasteiger partial charge is 0.262 e. The van der Waals surface area contributed by atoms with Gasteiger partial charge in [-0.2, -0.15) is 9.50 Å². The maximum Gasteiger partial charge on any atom is 0.262 e. The minimum absolute atomic E-state index is 0.0187. The van der Waals surface area contributed by atoms with E-state index in [1.54, 1.807) is 11.6 Å². The molecule has 0 spiro atoms. The van der Waals surface area contributed by atoms with Gasteiger partial charge in [0.05, 0.1) is 23.7 Å². The normalized spacial score (nSPS) is 15.2. The minimum atomic E-state index is -0.0187. The first-order valence-corrected chi connectivity index (χ1v) is 10.1. The van der Waals surface area contributed by atoms with Crippen LogP contribution in [-0.2, 0) is 0 Å². The van der Waals surface area contributed by atoms with Gasteiger partial charge in [0.25, 0.3) is 11.3 Å². The molecule has 148 valence electrons. The summed E-state index contributed by atoms with van der Waals surface area (Å²) in [6, 6.07) is 9.86. The van der Waals surface area contributed by atoms with Gasteiger partial charge in [-0.15, -0.1) is 5.10 Å². The summed E-state index contributed by atoms with van der Waals surface area (Å²) in [5.41, 5.74) is 2.18. The zero-order chi connectivity index (χ0) is 20.0. The summed E-state index contributed by atoms with van der Waals surface area (Å²) in [5, 5.41) is 5.11. The number of pyridine rings is 1. The number of ether oxygens (including phenoxy) is 1. The molecule has 5 rings (SSSR count). The molecule has 1 fully saturated rings. The van der Waals surface area contributed by atoms with E-state index in [2.05, 4.69) is 15.1 Å². The molecule has 0 atom stereocenters. The van der Waals surface area contributed by atoms with Gasteiger partial charge in [-0.25, -0.2) is 4.98 Å². The second-order valence-corrected chi connectivity index (χ2v) is 7.64. The van der Waals surface area contributed by atoms with Crippen LogP contribution in [0.1, 0.15) is 44.0 Å². The van der Waals surface area contributed by atoms with Crippen LogP contribution >= 0.6 is 0 Å². The molecule has 3 aromatic heterocycles. The van der Waals surface area contributed by atoms with Gasteiger partial charge in [-0.1, -0.05) is 31.4 Å². The van der Waals surface area contributed by atoms with Crippen LogP contribution < -0.4 is 10.3 Å². The predicted octanol–water partition coefficient (Wildman–Crippen LogP) is 3.93. The van der Waals surface area contributed by atoms with Gasteiger partial charge in [0.2, 0.25) is 0 Å². The maximum atomic E-state index is 13.7. The molecule has 7 nitrogen and oxygen atoms in total. The van der Waals surface area contributed by atoms with Crippen LogP contribution in [0.3, 0.4) is 0 Å². The Balaban J connectivity index is 1.86. The lowest BCUT2D eigenvalue weighted by atomic mass is 9.95. The summed E-state index contributed by atoms with van der Waals surface area (Å²) in [7, 11) is 1.63. The Labute approximate surface area is 168 Å². The summed E-state index contributed by atoms with van der Waals surface area (Å²) in [6.45, 7) is 1.83. The van der Waals surface area contributed by atoms with Crippen LogP contribution in [0, 0.1) is 6.92 Å². The van der Waals surface area contributed by atoms with Crippen molar-refractivity contribution >= 4 is 16.7 Å². The molecule has 0 aliphatic heterocycles. The first-order valence-electron chi connectivity index (χ1n) is 10.1. The second kappa shape index (κ2) is 6.99. The van der Waals surface area contributed by atoms with Crippen molar-refractivity contribution in [3.05, 3.63) is 52.7 Å². The molecule has 29 heavy (non-hydrogen) atoms. The van der Waals surface area contributed by atoms with E-state index in [1.165, 1.54) is 6.42 Å². The largest absolute Gasteiger partial charge is 0.497 e. The van der Waals surface area contributed by atoms with Gasteiger partial charge in [0.15, 0.2) is 0 Å². The highest BCUT2D eigenvalue weighted by atomic mass is 16.5. The molecule has 0 bridgehead atoms. The Morgan fingerprint density at radius 3 is 2.72 bits per heavy atom. The van der Waals surface area contributed by atoms with Crippen LogP contribution in [0.15, 0.2) is 41.3 Å². The number of fused-ring (bicyclic) bond motifs is 2. The Bertz CT molecular complexity index is 1270. The molecule has 1 aliphatic carbocycles. The molecule has 0 N–H and O–H groups in total. The van der Waals surface area contributed by atoms with Crippen molar-refractivity contribution in [1.29, 1.82) is 0 Å². The molecular formula is C22H23N5O2. The molecule has 7 heteroatoms. The topological polar surface area (TPSA) is 74.3 Å². The van der Waals surface area contributed by atoms with Crippen molar-refractivity contribution in [2.45, 2.75) is 45.1 Å². The standard InChI is InChI=1S/C22H23N5O2/c1-14-23-22-24-18-11-12-26(16-8-4-3-5-9-16)21(28)19(18)20(27(22)25-14)15-7-6-10-17(13-15)29-2/h6-7,10-13,16H,3-5,8-9H2,1-2H3. The SMILES string of the molecule is COc1cccc(-c2c3c(=O)n(C4CCCCC4)ccc3nc3nc(C)nn23)c1. The number of hydrogen-bond acceptors (Lipinski definition) is 5. The van der Waals surface area contributed by atoms with Crippen LogP contribution in [0.5, 0.6) is 5.75 Å². The van der Waals surface area contributed by atoms with Crippen molar-refractivity contribution < 1.29 is 4.74 Å². The summed E-state index contributed by atoms with van der Waals surface area (Å²) in [6.07, 6.45) is 7.54. The third-order valence-corrected chi connectivity index (χ3v) is 5.77. The van der Waals surface area contributed by atoms with E-state index < -0.39 is 0 Å². The average Bonchev–Trinajstić information content (AvgIpc) is 3.12. The Morgan fingerprint density at radius 2 is 1.93 bits per heavy atom. The number of benzene rings is 1. The number of aromatic nitrogens is 5. The van der Waals surface area contributed by atoms with Crippen molar-refractivity contribution in [1.82, 2.24) is 24.1 Å². The van der Waals surface area contributed by atoms with E-state index in [0.717, 1.165) is 37.0 Å². The highest BCUT2D eigenvalue weighted by Gasteiger charge is 2.22. The minimum Gasteiger partial charge on any atom is -0.497 e. The second-order valence-electron chi connectivity index (χ2n) is 7.64. The van der Waals surface area contributed by atoms with Crippen molar-refractivity contribution in [2.75, 3.05) is 7.11 Å². The maximum absolute atomic E-state index is 13.7. The fourth-order valence-corrected chi connectivity index (χ4v) is 4.38. The van der Waals surface area contributed by atoms with Crippen LogP contribution in [0.25, 0.3) is 27.9 Å². The van der Waals surface area contributed by atoms with E-state index in [-0.39, 0.29) is 11.6 Å². The highest BCUT2D eigenvalue weighted by molar-refractivity contribution is 5.93. The number of aryl methyl sites for hydroxylation is 1. The first kappa shape index (κ1) is 17.8. The van der Waals surface area contributed by atoms with E-state index in [1.807, 2.05) is 48.0 Å². The number of rotatable bonds is 3. The lowest BCUT2D eigenvalue weighted by Gasteiger charge is -2.24. The predicted molar refractivity (Wildman–Crippen MR) is 111 cm³/mol.